The summed E-state index contributed by atoms with van der Waals surface area (Å²) in [6, 6.07) is 5.49. The molecule has 19 heavy (non-hydrogen) atoms. The number of hydrogen-bond acceptors (Lipinski definition) is 4. The molecule has 3 aromatic rings. The summed E-state index contributed by atoms with van der Waals surface area (Å²) in [6.07, 6.45) is 4.27. The maximum absolute atomic E-state index is 12.0. The van der Waals surface area contributed by atoms with E-state index in [1.54, 1.807) is 35.9 Å². The van der Waals surface area contributed by atoms with Crippen LogP contribution in [0.5, 0.6) is 0 Å². The van der Waals surface area contributed by atoms with Crippen molar-refractivity contribution in [3.8, 4) is 0 Å². The Labute approximate surface area is 113 Å². The number of aromatic amines is 1. The molecule has 0 atom stereocenters. The second-order valence-electron chi connectivity index (χ2n) is 4.10. The van der Waals surface area contributed by atoms with Gasteiger partial charge in [-0.2, -0.15) is 5.10 Å². The summed E-state index contributed by atoms with van der Waals surface area (Å²) in [5.41, 5.74) is 1.50. The smallest absolute Gasteiger partial charge is 0.251 e. The minimum absolute atomic E-state index is 0.0759. The maximum Gasteiger partial charge on any atom is 0.251 e. The van der Waals surface area contributed by atoms with Gasteiger partial charge in [-0.15, -0.1) is 11.3 Å². The van der Waals surface area contributed by atoms with Gasteiger partial charge in [0, 0.05) is 35.5 Å². The van der Waals surface area contributed by atoms with Gasteiger partial charge in [0.15, 0.2) is 0 Å². The van der Waals surface area contributed by atoms with Crippen molar-refractivity contribution in [1.29, 1.82) is 0 Å². The van der Waals surface area contributed by atoms with Gasteiger partial charge >= 0.3 is 0 Å². The van der Waals surface area contributed by atoms with E-state index in [2.05, 4.69) is 20.5 Å². The third kappa shape index (κ3) is 2.63. The zero-order valence-electron chi connectivity index (χ0n) is 10.1. The minimum atomic E-state index is -0.0759. The Morgan fingerprint density at radius 1 is 1.42 bits per heavy atom. The Bertz CT molecular complexity index is 690. The molecule has 1 aromatic carbocycles. The predicted molar refractivity (Wildman–Crippen MR) is 74.2 cm³/mol. The second kappa shape index (κ2) is 5.19. The van der Waals surface area contributed by atoms with Gasteiger partial charge in [-0.05, 0) is 12.1 Å². The first-order valence-electron chi connectivity index (χ1n) is 5.92. The molecule has 6 heteroatoms. The van der Waals surface area contributed by atoms with E-state index in [0.29, 0.717) is 12.1 Å². The van der Waals surface area contributed by atoms with Crippen LogP contribution in [-0.4, -0.2) is 27.6 Å². The molecule has 5 nitrogen and oxygen atoms in total. The number of carbonyl (C=O) groups is 1. The topological polar surface area (TPSA) is 70.7 Å². The van der Waals surface area contributed by atoms with Crippen LogP contribution in [-0.2, 0) is 6.42 Å². The van der Waals surface area contributed by atoms with E-state index in [4.69, 9.17) is 0 Å². The first-order chi connectivity index (χ1) is 9.33. The molecule has 2 heterocycles. The Kier molecular flexibility index (Phi) is 3.24. The first-order valence-corrected chi connectivity index (χ1v) is 6.80. The molecule has 0 unspecified atom stereocenters. The van der Waals surface area contributed by atoms with Crippen molar-refractivity contribution in [2.45, 2.75) is 6.42 Å². The van der Waals surface area contributed by atoms with Gasteiger partial charge in [0.2, 0.25) is 0 Å². The summed E-state index contributed by atoms with van der Waals surface area (Å²) in [6.45, 7) is 0.591. The van der Waals surface area contributed by atoms with Gasteiger partial charge in [-0.1, -0.05) is 6.07 Å². The first kappa shape index (κ1) is 11.9. The van der Waals surface area contributed by atoms with Gasteiger partial charge < -0.3 is 5.32 Å². The summed E-state index contributed by atoms with van der Waals surface area (Å²) in [5.74, 6) is -0.0759. The fourth-order valence-corrected chi connectivity index (χ4v) is 2.46. The van der Waals surface area contributed by atoms with Crippen molar-refractivity contribution in [3.63, 3.8) is 0 Å². The third-order valence-corrected chi connectivity index (χ3v) is 3.65. The number of fused-ring (bicyclic) bond motifs is 1. The van der Waals surface area contributed by atoms with Crippen LogP contribution in [0.4, 0.5) is 0 Å². The Balaban J connectivity index is 1.63. The van der Waals surface area contributed by atoms with Crippen molar-refractivity contribution in [3.05, 3.63) is 46.5 Å². The number of amides is 1. The van der Waals surface area contributed by atoms with Crippen molar-refractivity contribution < 1.29 is 4.79 Å². The maximum atomic E-state index is 12.0. The molecular formula is C13H12N4OS. The highest BCUT2D eigenvalue weighted by Crippen LogP contribution is 2.12. The second-order valence-corrected chi connectivity index (χ2v) is 5.08. The Morgan fingerprint density at radius 3 is 3.21 bits per heavy atom. The molecule has 2 aromatic heterocycles. The number of benzene rings is 1. The fraction of sp³-hybridized carbons (Fsp3) is 0.154. The fourth-order valence-electron chi connectivity index (χ4n) is 1.84. The van der Waals surface area contributed by atoms with Gasteiger partial charge in [-0.3, -0.25) is 9.89 Å². The molecule has 96 valence electrons. The largest absolute Gasteiger partial charge is 0.352 e. The number of hydrogen-bond donors (Lipinski definition) is 2. The average Bonchev–Trinajstić information content (AvgIpc) is 3.08. The van der Waals surface area contributed by atoms with Crippen LogP contribution in [0.25, 0.3) is 10.9 Å². The van der Waals surface area contributed by atoms with E-state index in [-0.39, 0.29) is 5.91 Å². The number of nitrogens with one attached hydrogen (secondary N) is 2. The van der Waals surface area contributed by atoms with Gasteiger partial charge in [-0.25, -0.2) is 4.98 Å². The summed E-state index contributed by atoms with van der Waals surface area (Å²) < 4.78 is 0. The molecule has 0 aliphatic heterocycles. The molecule has 0 aliphatic rings. The number of thiazole rings is 1. The number of aromatic nitrogens is 3. The Hall–Kier alpha value is -2.21. The number of rotatable bonds is 4. The van der Waals surface area contributed by atoms with Crippen LogP contribution in [0, 0.1) is 0 Å². The van der Waals surface area contributed by atoms with E-state index in [0.717, 1.165) is 22.3 Å². The van der Waals surface area contributed by atoms with Crippen LogP contribution < -0.4 is 5.32 Å². The molecular weight excluding hydrogens is 260 g/mol. The summed E-state index contributed by atoms with van der Waals surface area (Å²) >= 11 is 1.60. The highest BCUT2D eigenvalue weighted by molar-refractivity contribution is 7.09. The van der Waals surface area contributed by atoms with Gasteiger partial charge in [0.25, 0.3) is 5.91 Å². The molecule has 0 saturated heterocycles. The van der Waals surface area contributed by atoms with Crippen LogP contribution in [0.3, 0.4) is 0 Å². The van der Waals surface area contributed by atoms with Gasteiger partial charge in [0.05, 0.1) is 16.7 Å². The van der Waals surface area contributed by atoms with Gasteiger partial charge in [0.1, 0.15) is 0 Å². The molecule has 0 bridgehead atoms. The molecule has 0 spiro atoms. The van der Waals surface area contributed by atoms with Crippen molar-refractivity contribution in [2.24, 2.45) is 0 Å². The number of carbonyl (C=O) groups excluding carboxylic acids is 1. The molecule has 0 aliphatic carbocycles. The lowest BCUT2D eigenvalue weighted by molar-refractivity contribution is 0.0954. The summed E-state index contributed by atoms with van der Waals surface area (Å²) in [5, 5.41) is 13.6. The quantitative estimate of drug-likeness (QED) is 0.763. The minimum Gasteiger partial charge on any atom is -0.352 e. The molecule has 2 N–H and O–H groups in total. The van der Waals surface area contributed by atoms with Crippen molar-refractivity contribution >= 4 is 28.1 Å². The molecule has 0 radical (unpaired) electrons. The zero-order chi connectivity index (χ0) is 13.1. The van der Waals surface area contributed by atoms with E-state index < -0.39 is 0 Å². The normalized spacial score (nSPS) is 10.7. The predicted octanol–water partition coefficient (Wildman–Crippen LogP) is 1.99. The lowest BCUT2D eigenvalue weighted by Gasteiger charge is -2.04. The van der Waals surface area contributed by atoms with Crippen LogP contribution >= 0.6 is 11.3 Å². The van der Waals surface area contributed by atoms with Crippen LogP contribution in [0.2, 0.25) is 0 Å². The van der Waals surface area contributed by atoms with Crippen molar-refractivity contribution in [2.75, 3.05) is 6.54 Å². The number of H-pyrrole nitrogens is 1. The highest BCUT2D eigenvalue weighted by Gasteiger charge is 2.07. The van der Waals surface area contributed by atoms with E-state index >= 15 is 0 Å². The lowest BCUT2D eigenvalue weighted by atomic mass is 10.1. The van der Waals surface area contributed by atoms with E-state index in [9.17, 15) is 4.79 Å². The third-order valence-electron chi connectivity index (χ3n) is 2.81. The summed E-state index contributed by atoms with van der Waals surface area (Å²) in [4.78, 5) is 16.2. The molecule has 0 saturated carbocycles. The standard InChI is InChI=1S/C13H12N4OS/c18-13(15-4-3-12-14-5-6-19-12)9-1-2-10-8-16-17-11(10)7-9/h1-2,5-8H,3-4H2,(H,15,18)(H,16,17). The number of nitrogens with zero attached hydrogens (tertiary/aromatic N) is 2. The summed E-state index contributed by atoms with van der Waals surface area (Å²) in [7, 11) is 0. The molecule has 3 rings (SSSR count). The average molecular weight is 272 g/mol. The molecule has 0 fully saturated rings. The van der Waals surface area contributed by atoms with E-state index in [1.807, 2.05) is 11.4 Å². The monoisotopic (exact) mass is 272 g/mol. The highest BCUT2D eigenvalue weighted by atomic mass is 32.1. The zero-order valence-corrected chi connectivity index (χ0v) is 10.9. The van der Waals surface area contributed by atoms with Crippen molar-refractivity contribution in [1.82, 2.24) is 20.5 Å². The SMILES string of the molecule is O=C(NCCc1nccs1)c1ccc2cn[nH]c2c1. The van der Waals surface area contributed by atoms with E-state index in [1.165, 1.54) is 0 Å². The Morgan fingerprint density at radius 2 is 2.37 bits per heavy atom. The lowest BCUT2D eigenvalue weighted by Crippen LogP contribution is -2.25. The van der Waals surface area contributed by atoms with Crippen LogP contribution in [0.15, 0.2) is 36.0 Å². The molecule has 1 amide bonds. The van der Waals surface area contributed by atoms with Crippen LogP contribution in [0.1, 0.15) is 15.4 Å².